The molecule has 1 nitrogen and oxygen atoms in total. The topological polar surface area (TPSA) is 9.23 Å². The molecule has 0 aliphatic heterocycles. The Morgan fingerprint density at radius 3 is 2.52 bits per heavy atom. The SMILES string of the molecule is CCOc1cc(Cl)c(C(Br)c2ccc(C)c(F)c2)cc1Cl. The molecule has 2 rings (SSSR count). The molecule has 0 amide bonds. The second-order valence-electron chi connectivity index (χ2n) is 4.61. The molecule has 2 aromatic carbocycles. The van der Waals surface area contributed by atoms with Crippen molar-refractivity contribution in [2.45, 2.75) is 18.7 Å². The van der Waals surface area contributed by atoms with Crippen LogP contribution in [0.2, 0.25) is 10.0 Å². The average Bonchev–Trinajstić information content (AvgIpc) is 2.45. The number of hydrogen-bond donors (Lipinski definition) is 0. The highest BCUT2D eigenvalue weighted by Gasteiger charge is 2.18. The Morgan fingerprint density at radius 1 is 1.19 bits per heavy atom. The second-order valence-corrected chi connectivity index (χ2v) is 6.34. The first-order valence-corrected chi connectivity index (χ1v) is 8.13. The molecule has 0 fully saturated rings. The van der Waals surface area contributed by atoms with E-state index in [1.54, 1.807) is 25.1 Å². The summed E-state index contributed by atoms with van der Waals surface area (Å²) in [4.78, 5) is -0.242. The maximum absolute atomic E-state index is 13.7. The number of aryl methyl sites for hydroxylation is 1. The van der Waals surface area contributed by atoms with Crippen molar-refractivity contribution in [1.29, 1.82) is 0 Å². The van der Waals surface area contributed by atoms with E-state index in [2.05, 4.69) is 15.9 Å². The van der Waals surface area contributed by atoms with Crippen molar-refractivity contribution < 1.29 is 9.13 Å². The molecule has 5 heteroatoms. The largest absolute Gasteiger partial charge is 0.492 e. The van der Waals surface area contributed by atoms with Gasteiger partial charge in [0.05, 0.1) is 16.5 Å². The number of hydrogen-bond acceptors (Lipinski definition) is 1. The lowest BCUT2D eigenvalue weighted by molar-refractivity contribution is 0.340. The highest BCUT2D eigenvalue weighted by atomic mass is 79.9. The highest BCUT2D eigenvalue weighted by molar-refractivity contribution is 9.09. The molecule has 0 heterocycles. The predicted molar refractivity (Wildman–Crippen MR) is 89.5 cm³/mol. The van der Waals surface area contributed by atoms with Crippen LogP contribution in [0.4, 0.5) is 4.39 Å². The maximum Gasteiger partial charge on any atom is 0.139 e. The van der Waals surface area contributed by atoms with E-state index in [0.29, 0.717) is 28.0 Å². The molecule has 0 aromatic heterocycles. The van der Waals surface area contributed by atoms with Crippen LogP contribution in [-0.4, -0.2) is 6.61 Å². The lowest BCUT2D eigenvalue weighted by Crippen LogP contribution is -1.98. The second kappa shape index (κ2) is 6.99. The minimum atomic E-state index is -0.245. The summed E-state index contributed by atoms with van der Waals surface area (Å²) in [5, 5.41) is 0.999. The van der Waals surface area contributed by atoms with Gasteiger partial charge in [-0.15, -0.1) is 0 Å². The van der Waals surface area contributed by atoms with Crippen molar-refractivity contribution in [2.24, 2.45) is 0 Å². The van der Waals surface area contributed by atoms with E-state index in [1.165, 1.54) is 6.07 Å². The van der Waals surface area contributed by atoms with Crippen molar-refractivity contribution >= 4 is 39.1 Å². The van der Waals surface area contributed by atoms with Crippen LogP contribution in [0.15, 0.2) is 30.3 Å². The smallest absolute Gasteiger partial charge is 0.139 e. The van der Waals surface area contributed by atoms with Crippen LogP contribution in [0.3, 0.4) is 0 Å². The van der Waals surface area contributed by atoms with Crippen LogP contribution in [0.25, 0.3) is 0 Å². The van der Waals surface area contributed by atoms with E-state index in [-0.39, 0.29) is 10.6 Å². The number of ether oxygens (including phenoxy) is 1. The molecular formula is C16H14BrCl2FO. The van der Waals surface area contributed by atoms with Crippen LogP contribution in [-0.2, 0) is 0 Å². The first kappa shape index (κ1) is 16.6. The molecule has 1 atom stereocenters. The van der Waals surface area contributed by atoms with Crippen molar-refractivity contribution in [3.8, 4) is 5.75 Å². The fourth-order valence-corrected chi connectivity index (χ4v) is 3.24. The summed E-state index contributed by atoms with van der Waals surface area (Å²) < 4.78 is 19.1. The maximum atomic E-state index is 13.7. The van der Waals surface area contributed by atoms with Gasteiger partial charge in [0, 0.05) is 11.1 Å². The zero-order valence-electron chi connectivity index (χ0n) is 11.6. The zero-order chi connectivity index (χ0) is 15.6. The summed E-state index contributed by atoms with van der Waals surface area (Å²) in [5.74, 6) is 0.299. The summed E-state index contributed by atoms with van der Waals surface area (Å²) in [6.45, 7) is 4.11. The van der Waals surface area contributed by atoms with E-state index in [1.807, 2.05) is 13.0 Å². The normalized spacial score (nSPS) is 12.3. The quantitative estimate of drug-likeness (QED) is 0.553. The van der Waals surface area contributed by atoms with E-state index in [9.17, 15) is 4.39 Å². The van der Waals surface area contributed by atoms with Gasteiger partial charge in [0.2, 0.25) is 0 Å². The Labute approximate surface area is 142 Å². The fraction of sp³-hybridized carbons (Fsp3) is 0.250. The van der Waals surface area contributed by atoms with Gasteiger partial charge in [-0.1, -0.05) is 51.3 Å². The van der Waals surface area contributed by atoms with Crippen LogP contribution in [0.1, 0.15) is 28.4 Å². The van der Waals surface area contributed by atoms with Crippen LogP contribution in [0, 0.1) is 12.7 Å². The van der Waals surface area contributed by atoms with Gasteiger partial charge in [-0.25, -0.2) is 4.39 Å². The monoisotopic (exact) mass is 390 g/mol. The Kier molecular flexibility index (Phi) is 5.53. The Hall–Kier alpha value is -0.770. The van der Waals surface area contributed by atoms with Crippen LogP contribution >= 0.6 is 39.1 Å². The number of rotatable bonds is 4. The molecule has 0 saturated carbocycles. The molecule has 0 aliphatic rings. The van der Waals surface area contributed by atoms with E-state index in [4.69, 9.17) is 27.9 Å². The van der Waals surface area contributed by atoms with E-state index >= 15 is 0 Å². The number of halogens is 4. The van der Waals surface area contributed by atoms with Crippen LogP contribution < -0.4 is 4.74 Å². The van der Waals surface area contributed by atoms with Crippen molar-refractivity contribution in [2.75, 3.05) is 6.61 Å². The Bertz CT molecular complexity index is 661. The van der Waals surface area contributed by atoms with Gasteiger partial charge in [-0.05, 0) is 42.7 Å². The Morgan fingerprint density at radius 2 is 1.90 bits per heavy atom. The molecule has 0 radical (unpaired) electrons. The third-order valence-corrected chi connectivity index (χ3v) is 4.76. The molecule has 0 saturated heterocycles. The van der Waals surface area contributed by atoms with E-state index < -0.39 is 0 Å². The summed E-state index contributed by atoms with van der Waals surface area (Å²) in [7, 11) is 0. The number of alkyl halides is 1. The molecule has 21 heavy (non-hydrogen) atoms. The fourth-order valence-electron chi connectivity index (χ4n) is 1.95. The summed E-state index contributed by atoms with van der Waals surface area (Å²) >= 11 is 16.0. The third-order valence-electron chi connectivity index (χ3n) is 3.11. The zero-order valence-corrected chi connectivity index (χ0v) is 14.7. The molecule has 2 aromatic rings. The first-order valence-electron chi connectivity index (χ1n) is 6.46. The first-order chi connectivity index (χ1) is 9.93. The molecule has 0 bridgehead atoms. The molecule has 1 unspecified atom stereocenters. The lowest BCUT2D eigenvalue weighted by atomic mass is 10.0. The molecule has 0 spiro atoms. The van der Waals surface area contributed by atoms with Crippen molar-refractivity contribution in [3.05, 3.63) is 62.9 Å². The average molecular weight is 392 g/mol. The Balaban J connectivity index is 2.40. The van der Waals surface area contributed by atoms with Gasteiger partial charge in [-0.3, -0.25) is 0 Å². The van der Waals surface area contributed by atoms with Crippen molar-refractivity contribution in [3.63, 3.8) is 0 Å². The molecule has 0 N–H and O–H groups in total. The standard InChI is InChI=1S/C16H14BrCl2FO/c1-3-21-15-8-12(18)11(7-13(15)19)16(17)10-5-4-9(2)14(20)6-10/h4-8,16H,3H2,1-2H3. The molecule has 112 valence electrons. The van der Waals surface area contributed by atoms with Gasteiger partial charge in [0.25, 0.3) is 0 Å². The minimum Gasteiger partial charge on any atom is -0.492 e. The van der Waals surface area contributed by atoms with Gasteiger partial charge >= 0.3 is 0 Å². The minimum absolute atomic E-state index is 0.242. The summed E-state index contributed by atoms with van der Waals surface area (Å²) in [6, 6.07) is 8.52. The van der Waals surface area contributed by atoms with Crippen molar-refractivity contribution in [1.82, 2.24) is 0 Å². The third kappa shape index (κ3) is 3.71. The van der Waals surface area contributed by atoms with Crippen LogP contribution in [0.5, 0.6) is 5.75 Å². The molecular weight excluding hydrogens is 378 g/mol. The summed E-state index contributed by atoms with van der Waals surface area (Å²) in [5.41, 5.74) is 2.16. The van der Waals surface area contributed by atoms with Gasteiger partial charge in [-0.2, -0.15) is 0 Å². The molecule has 0 aliphatic carbocycles. The van der Waals surface area contributed by atoms with Gasteiger partial charge < -0.3 is 4.74 Å². The van der Waals surface area contributed by atoms with Gasteiger partial charge in [0.1, 0.15) is 11.6 Å². The highest BCUT2D eigenvalue weighted by Crippen LogP contribution is 2.40. The summed E-state index contributed by atoms with van der Waals surface area (Å²) in [6.07, 6.45) is 0. The lowest BCUT2D eigenvalue weighted by Gasteiger charge is -2.15. The predicted octanol–water partition coefficient (Wildman–Crippen LogP) is 6.32. The van der Waals surface area contributed by atoms with Gasteiger partial charge in [0.15, 0.2) is 0 Å². The number of benzene rings is 2. The van der Waals surface area contributed by atoms with E-state index in [0.717, 1.165) is 11.1 Å².